The van der Waals surface area contributed by atoms with E-state index in [0.29, 0.717) is 18.0 Å². The van der Waals surface area contributed by atoms with E-state index < -0.39 is 0 Å². The van der Waals surface area contributed by atoms with Crippen LogP contribution in [0.4, 0.5) is 0 Å². The number of benzene rings is 1. The van der Waals surface area contributed by atoms with Gasteiger partial charge in [-0.3, -0.25) is 9.59 Å². The molecule has 1 atom stereocenters. The van der Waals surface area contributed by atoms with Crippen LogP contribution in [0.2, 0.25) is 5.02 Å². The summed E-state index contributed by atoms with van der Waals surface area (Å²) >= 11 is 5.83. The monoisotopic (exact) mass is 252 g/mol. The lowest BCUT2D eigenvalue weighted by Gasteiger charge is -2.10. The van der Waals surface area contributed by atoms with Gasteiger partial charge in [0.05, 0.1) is 12.5 Å². The smallest absolute Gasteiger partial charge is 0.224 e. The average molecular weight is 253 g/mol. The molecule has 1 fully saturated rings. The summed E-state index contributed by atoms with van der Waals surface area (Å²) in [5.41, 5.74) is 0.868. The van der Waals surface area contributed by atoms with Gasteiger partial charge in [-0.15, -0.1) is 0 Å². The van der Waals surface area contributed by atoms with Crippen LogP contribution in [0.3, 0.4) is 0 Å². The molecule has 1 aromatic carbocycles. The lowest BCUT2D eigenvalue weighted by Crippen LogP contribution is -2.37. The number of carbonyl (C=O) groups is 2. The highest BCUT2D eigenvalue weighted by Crippen LogP contribution is 2.11. The lowest BCUT2D eigenvalue weighted by atomic mass is 10.1. The van der Waals surface area contributed by atoms with Crippen molar-refractivity contribution in [3.05, 3.63) is 34.9 Å². The minimum absolute atomic E-state index is 0.0157. The van der Waals surface area contributed by atoms with Gasteiger partial charge in [0.25, 0.3) is 0 Å². The molecule has 0 saturated carbocycles. The van der Waals surface area contributed by atoms with Gasteiger partial charge in [0, 0.05) is 18.0 Å². The molecular weight excluding hydrogens is 240 g/mol. The number of hydrogen-bond acceptors (Lipinski definition) is 2. The summed E-state index contributed by atoms with van der Waals surface area (Å²) in [5.74, 6) is -0.105. The van der Waals surface area contributed by atoms with Crippen molar-refractivity contribution in [2.75, 3.05) is 6.54 Å². The Labute approximate surface area is 104 Å². The standard InChI is InChI=1S/C12H13ClN2O2/c13-9-3-1-2-8(4-9)5-12(17)15-10-6-11(16)14-7-10/h1-4,10H,5-7H2,(H,14,16)(H,15,17). The van der Waals surface area contributed by atoms with E-state index in [-0.39, 0.29) is 24.3 Å². The predicted molar refractivity (Wildman–Crippen MR) is 64.7 cm³/mol. The maximum absolute atomic E-state index is 11.7. The molecule has 1 unspecified atom stereocenters. The van der Waals surface area contributed by atoms with E-state index >= 15 is 0 Å². The van der Waals surface area contributed by atoms with E-state index in [1.165, 1.54) is 0 Å². The molecule has 4 nitrogen and oxygen atoms in total. The molecule has 1 aliphatic rings. The van der Waals surface area contributed by atoms with Crippen LogP contribution in [-0.4, -0.2) is 24.4 Å². The fourth-order valence-electron chi connectivity index (χ4n) is 1.82. The molecule has 2 amide bonds. The number of rotatable bonds is 3. The van der Waals surface area contributed by atoms with Crippen LogP contribution in [-0.2, 0) is 16.0 Å². The van der Waals surface area contributed by atoms with Gasteiger partial charge in [-0.05, 0) is 17.7 Å². The Kier molecular flexibility index (Phi) is 3.64. The Morgan fingerprint density at radius 1 is 1.53 bits per heavy atom. The molecule has 90 valence electrons. The van der Waals surface area contributed by atoms with Crippen LogP contribution in [0.15, 0.2) is 24.3 Å². The molecular formula is C12H13ClN2O2. The van der Waals surface area contributed by atoms with E-state index in [1.54, 1.807) is 12.1 Å². The van der Waals surface area contributed by atoms with Crippen molar-refractivity contribution in [3.8, 4) is 0 Å². The highest BCUT2D eigenvalue weighted by atomic mass is 35.5. The molecule has 1 saturated heterocycles. The summed E-state index contributed by atoms with van der Waals surface area (Å²) in [6, 6.07) is 7.10. The number of amides is 2. The molecule has 17 heavy (non-hydrogen) atoms. The van der Waals surface area contributed by atoms with Crippen molar-refractivity contribution in [2.45, 2.75) is 18.9 Å². The van der Waals surface area contributed by atoms with Crippen LogP contribution >= 0.6 is 11.6 Å². The Hall–Kier alpha value is -1.55. The number of halogens is 1. The van der Waals surface area contributed by atoms with Crippen LogP contribution in [0.1, 0.15) is 12.0 Å². The Balaban J connectivity index is 1.87. The fourth-order valence-corrected chi connectivity index (χ4v) is 2.03. The maximum Gasteiger partial charge on any atom is 0.224 e. The van der Waals surface area contributed by atoms with Crippen LogP contribution in [0.25, 0.3) is 0 Å². The van der Waals surface area contributed by atoms with Crippen LogP contribution in [0, 0.1) is 0 Å². The number of hydrogen-bond donors (Lipinski definition) is 2. The Morgan fingerprint density at radius 2 is 2.35 bits per heavy atom. The minimum Gasteiger partial charge on any atom is -0.354 e. The van der Waals surface area contributed by atoms with Gasteiger partial charge in [0.1, 0.15) is 0 Å². The second-order valence-electron chi connectivity index (χ2n) is 4.08. The molecule has 0 aliphatic carbocycles. The zero-order chi connectivity index (χ0) is 12.3. The first-order valence-corrected chi connectivity index (χ1v) is 5.82. The molecule has 0 radical (unpaired) electrons. The maximum atomic E-state index is 11.7. The molecule has 2 rings (SSSR count). The molecule has 1 aliphatic heterocycles. The molecule has 0 spiro atoms. The summed E-state index contributed by atoms with van der Waals surface area (Å²) in [5, 5.41) is 6.10. The Bertz CT molecular complexity index is 448. The van der Waals surface area contributed by atoms with E-state index in [9.17, 15) is 9.59 Å². The van der Waals surface area contributed by atoms with Gasteiger partial charge in [0.15, 0.2) is 0 Å². The predicted octanol–water partition coefficient (Wildman–Crippen LogP) is 0.887. The zero-order valence-electron chi connectivity index (χ0n) is 9.20. The van der Waals surface area contributed by atoms with Crippen LogP contribution < -0.4 is 10.6 Å². The summed E-state index contributed by atoms with van der Waals surface area (Å²) in [6.45, 7) is 0.514. The molecule has 2 N–H and O–H groups in total. The topological polar surface area (TPSA) is 58.2 Å². The van der Waals surface area contributed by atoms with E-state index in [0.717, 1.165) is 5.56 Å². The van der Waals surface area contributed by atoms with Crippen molar-refractivity contribution >= 4 is 23.4 Å². The van der Waals surface area contributed by atoms with Gasteiger partial charge < -0.3 is 10.6 Å². The third kappa shape index (κ3) is 3.46. The largest absolute Gasteiger partial charge is 0.354 e. The molecule has 1 heterocycles. The second-order valence-corrected chi connectivity index (χ2v) is 4.52. The fraction of sp³-hybridized carbons (Fsp3) is 0.333. The third-order valence-corrected chi connectivity index (χ3v) is 2.83. The van der Waals surface area contributed by atoms with Gasteiger partial charge in [-0.1, -0.05) is 23.7 Å². The summed E-state index contributed by atoms with van der Waals surface area (Å²) in [4.78, 5) is 22.7. The highest BCUT2D eigenvalue weighted by molar-refractivity contribution is 6.30. The van der Waals surface area contributed by atoms with E-state index in [2.05, 4.69) is 10.6 Å². The zero-order valence-corrected chi connectivity index (χ0v) is 9.96. The molecule has 0 bridgehead atoms. The normalized spacial score (nSPS) is 18.9. The van der Waals surface area contributed by atoms with Gasteiger partial charge in [0.2, 0.25) is 11.8 Å². The van der Waals surface area contributed by atoms with Crippen molar-refractivity contribution in [1.82, 2.24) is 10.6 Å². The first-order chi connectivity index (χ1) is 8.13. The van der Waals surface area contributed by atoms with E-state index in [1.807, 2.05) is 12.1 Å². The molecule has 1 aromatic rings. The van der Waals surface area contributed by atoms with Gasteiger partial charge in [-0.25, -0.2) is 0 Å². The summed E-state index contributed by atoms with van der Waals surface area (Å²) in [7, 11) is 0. The minimum atomic E-state index is -0.0891. The van der Waals surface area contributed by atoms with Gasteiger partial charge >= 0.3 is 0 Å². The third-order valence-electron chi connectivity index (χ3n) is 2.60. The lowest BCUT2D eigenvalue weighted by molar-refractivity contribution is -0.121. The quantitative estimate of drug-likeness (QED) is 0.839. The SMILES string of the molecule is O=C1CC(NC(=O)Cc2cccc(Cl)c2)CN1. The van der Waals surface area contributed by atoms with Crippen molar-refractivity contribution in [3.63, 3.8) is 0 Å². The van der Waals surface area contributed by atoms with Crippen molar-refractivity contribution in [2.24, 2.45) is 0 Å². The van der Waals surface area contributed by atoms with Crippen LogP contribution in [0.5, 0.6) is 0 Å². The summed E-state index contributed by atoms with van der Waals surface area (Å²) < 4.78 is 0. The molecule has 0 aromatic heterocycles. The van der Waals surface area contributed by atoms with E-state index in [4.69, 9.17) is 11.6 Å². The van der Waals surface area contributed by atoms with Crippen molar-refractivity contribution < 1.29 is 9.59 Å². The molecule has 5 heteroatoms. The number of nitrogens with one attached hydrogen (secondary N) is 2. The second kappa shape index (κ2) is 5.19. The van der Waals surface area contributed by atoms with Gasteiger partial charge in [-0.2, -0.15) is 0 Å². The van der Waals surface area contributed by atoms with Crippen molar-refractivity contribution in [1.29, 1.82) is 0 Å². The average Bonchev–Trinajstić information content (AvgIpc) is 2.63. The first kappa shape index (κ1) is 11.9. The number of carbonyl (C=O) groups excluding carboxylic acids is 2. The Morgan fingerprint density at radius 3 is 3.00 bits per heavy atom. The summed E-state index contributed by atoms with van der Waals surface area (Å²) in [6.07, 6.45) is 0.645. The first-order valence-electron chi connectivity index (χ1n) is 5.44. The highest BCUT2D eigenvalue weighted by Gasteiger charge is 2.22.